The van der Waals surface area contributed by atoms with Gasteiger partial charge in [-0.25, -0.2) is 4.39 Å². The first-order valence-corrected chi connectivity index (χ1v) is 7.14. The highest BCUT2D eigenvalue weighted by Gasteiger charge is 2.27. The predicted octanol–water partition coefficient (Wildman–Crippen LogP) is 4.80. The number of rotatable bonds is 0. The summed E-state index contributed by atoms with van der Waals surface area (Å²) in [6, 6.07) is 3.34. The van der Waals surface area contributed by atoms with Crippen LogP contribution in [0.4, 0.5) is 4.39 Å². The van der Waals surface area contributed by atoms with E-state index >= 15 is 0 Å². The summed E-state index contributed by atoms with van der Waals surface area (Å²) in [5.74, 6) is -0.330. The van der Waals surface area contributed by atoms with Gasteiger partial charge < -0.3 is 4.90 Å². The monoisotopic (exact) mass is 269 g/mol. The lowest BCUT2D eigenvalue weighted by Crippen LogP contribution is -2.17. The number of nitrogens with zero attached hydrogens (tertiary/aromatic N) is 1. The van der Waals surface area contributed by atoms with E-state index in [1.165, 1.54) is 4.90 Å². The van der Waals surface area contributed by atoms with Gasteiger partial charge in [0.05, 0.1) is 0 Å². The number of carbonyl (C=O) groups is 1. The topological polar surface area (TPSA) is 20.3 Å². The predicted molar refractivity (Wildman–Crippen MR) is 81.0 cm³/mol. The quantitative estimate of drug-likeness (QED) is 0.662. The Kier molecular flexibility index (Phi) is 11.1. The van der Waals surface area contributed by atoms with Gasteiger partial charge in [0.15, 0.2) is 0 Å². The molecule has 0 saturated carbocycles. The van der Waals surface area contributed by atoms with Gasteiger partial charge in [-0.05, 0) is 18.6 Å². The molecule has 1 amide bonds. The van der Waals surface area contributed by atoms with Crippen LogP contribution in [0.2, 0.25) is 0 Å². The molecule has 3 heteroatoms. The van der Waals surface area contributed by atoms with Crippen LogP contribution in [0.5, 0.6) is 0 Å². The van der Waals surface area contributed by atoms with E-state index in [2.05, 4.69) is 0 Å². The van der Waals surface area contributed by atoms with Crippen LogP contribution in [0.25, 0.3) is 0 Å². The Bertz CT molecular complexity index is 389. The molecule has 2 rings (SSSR count). The molecule has 0 unspecified atom stereocenters. The molecule has 0 spiro atoms. The van der Waals surface area contributed by atoms with E-state index in [9.17, 15) is 9.18 Å². The molecule has 1 heterocycles. The summed E-state index contributed by atoms with van der Waals surface area (Å²) < 4.78 is 13.5. The second-order valence-corrected chi connectivity index (χ2v) is 3.38. The van der Waals surface area contributed by atoms with Crippen LogP contribution >= 0.6 is 0 Å². The van der Waals surface area contributed by atoms with Crippen molar-refractivity contribution >= 4 is 5.91 Å². The molecule has 1 aliphatic rings. The van der Waals surface area contributed by atoms with E-state index in [1.54, 1.807) is 26.1 Å². The standard InChI is InChI=1S/C10H10FNO.3C2H6/c1-6-3-4-7-8(9(6)11)5-12(2)10(7)13;3*1-2/h3-4H,5H2,1-2H3;3*1-2H3. The Morgan fingerprint density at radius 1 is 1.05 bits per heavy atom. The third-order valence-electron chi connectivity index (χ3n) is 2.41. The molecule has 1 aromatic rings. The average Bonchev–Trinajstić information content (AvgIpc) is 2.77. The maximum Gasteiger partial charge on any atom is 0.254 e. The van der Waals surface area contributed by atoms with Gasteiger partial charge in [-0.15, -0.1) is 0 Å². The first-order chi connectivity index (χ1) is 9.11. The van der Waals surface area contributed by atoms with Crippen LogP contribution in [0.1, 0.15) is 63.0 Å². The molecule has 0 fully saturated rings. The zero-order chi connectivity index (χ0) is 15.6. The van der Waals surface area contributed by atoms with Crippen LogP contribution in [0.3, 0.4) is 0 Å². The molecule has 0 atom stereocenters. The smallest absolute Gasteiger partial charge is 0.254 e. The van der Waals surface area contributed by atoms with Crippen molar-refractivity contribution in [3.63, 3.8) is 0 Å². The number of hydrogen-bond acceptors (Lipinski definition) is 1. The van der Waals surface area contributed by atoms with E-state index in [1.807, 2.05) is 41.5 Å². The largest absolute Gasteiger partial charge is 0.337 e. The maximum atomic E-state index is 13.5. The third-order valence-corrected chi connectivity index (χ3v) is 2.41. The van der Waals surface area contributed by atoms with E-state index in [-0.39, 0.29) is 11.7 Å². The van der Waals surface area contributed by atoms with E-state index in [0.29, 0.717) is 23.2 Å². The van der Waals surface area contributed by atoms with Gasteiger partial charge in [0, 0.05) is 24.7 Å². The molecule has 1 aliphatic heterocycles. The molecule has 110 valence electrons. The third kappa shape index (κ3) is 4.66. The highest BCUT2D eigenvalue weighted by atomic mass is 19.1. The zero-order valence-corrected chi connectivity index (χ0v) is 13.6. The lowest BCUT2D eigenvalue weighted by atomic mass is 10.1. The number of amides is 1. The van der Waals surface area contributed by atoms with Crippen molar-refractivity contribution in [2.45, 2.75) is 55.0 Å². The van der Waals surface area contributed by atoms with Crippen molar-refractivity contribution in [2.75, 3.05) is 7.05 Å². The summed E-state index contributed by atoms with van der Waals surface area (Å²) in [4.78, 5) is 12.9. The molecule has 0 radical (unpaired) electrons. The Balaban J connectivity index is 0. The normalized spacial score (nSPS) is 11.2. The molecule has 0 aliphatic carbocycles. The Morgan fingerprint density at radius 3 is 2.00 bits per heavy atom. The fourth-order valence-electron chi connectivity index (χ4n) is 1.61. The highest BCUT2D eigenvalue weighted by molar-refractivity contribution is 5.98. The molecule has 19 heavy (non-hydrogen) atoms. The van der Waals surface area contributed by atoms with Crippen LogP contribution in [-0.2, 0) is 6.54 Å². The molecular formula is C16H28FNO. The summed E-state index contributed by atoms with van der Waals surface area (Å²) in [5, 5.41) is 0. The summed E-state index contributed by atoms with van der Waals surface area (Å²) in [6.45, 7) is 14.1. The number of aryl methyl sites for hydroxylation is 1. The fourth-order valence-corrected chi connectivity index (χ4v) is 1.61. The van der Waals surface area contributed by atoms with Crippen LogP contribution in [-0.4, -0.2) is 17.9 Å². The van der Waals surface area contributed by atoms with Gasteiger partial charge >= 0.3 is 0 Å². The zero-order valence-electron chi connectivity index (χ0n) is 13.6. The number of benzene rings is 1. The Labute approximate surface area is 117 Å². The van der Waals surface area contributed by atoms with Crippen molar-refractivity contribution in [3.8, 4) is 0 Å². The first-order valence-electron chi connectivity index (χ1n) is 7.14. The first kappa shape index (κ1) is 19.9. The Hall–Kier alpha value is -1.38. The van der Waals surface area contributed by atoms with Gasteiger partial charge in [0.25, 0.3) is 5.91 Å². The second kappa shape index (κ2) is 10.5. The van der Waals surface area contributed by atoms with Crippen LogP contribution < -0.4 is 0 Å². The lowest BCUT2D eigenvalue weighted by molar-refractivity contribution is 0.0816. The molecule has 2 nitrogen and oxygen atoms in total. The molecule has 0 N–H and O–H groups in total. The molecular weight excluding hydrogens is 241 g/mol. The fraction of sp³-hybridized carbons (Fsp3) is 0.562. The van der Waals surface area contributed by atoms with Crippen molar-refractivity contribution in [2.24, 2.45) is 0 Å². The Morgan fingerprint density at radius 2 is 1.53 bits per heavy atom. The van der Waals surface area contributed by atoms with Gasteiger partial charge in [-0.2, -0.15) is 0 Å². The van der Waals surface area contributed by atoms with Crippen molar-refractivity contribution < 1.29 is 9.18 Å². The minimum absolute atomic E-state index is 0.0890. The second-order valence-electron chi connectivity index (χ2n) is 3.38. The number of fused-ring (bicyclic) bond motifs is 1. The van der Waals surface area contributed by atoms with Gasteiger partial charge in [-0.3, -0.25) is 4.79 Å². The molecule has 0 bridgehead atoms. The summed E-state index contributed by atoms with van der Waals surface area (Å²) in [7, 11) is 1.68. The minimum Gasteiger partial charge on any atom is -0.337 e. The number of halogens is 1. The number of hydrogen-bond donors (Lipinski definition) is 0. The van der Waals surface area contributed by atoms with Crippen LogP contribution in [0.15, 0.2) is 12.1 Å². The van der Waals surface area contributed by atoms with Gasteiger partial charge in [0.1, 0.15) is 5.82 Å². The molecule has 0 aromatic heterocycles. The van der Waals surface area contributed by atoms with Crippen molar-refractivity contribution in [1.29, 1.82) is 0 Å². The van der Waals surface area contributed by atoms with Gasteiger partial charge in [-0.1, -0.05) is 47.6 Å². The van der Waals surface area contributed by atoms with E-state index < -0.39 is 0 Å². The lowest BCUT2D eigenvalue weighted by Gasteiger charge is -2.04. The number of carbonyl (C=O) groups excluding carboxylic acids is 1. The van der Waals surface area contributed by atoms with Crippen molar-refractivity contribution in [1.82, 2.24) is 4.90 Å². The SMILES string of the molecule is CC.CC.CC.Cc1ccc2c(c1F)CN(C)C2=O. The van der Waals surface area contributed by atoms with E-state index in [0.717, 1.165) is 0 Å². The average molecular weight is 269 g/mol. The summed E-state index contributed by atoms with van der Waals surface area (Å²) in [5.41, 5.74) is 1.64. The molecule has 0 saturated heterocycles. The van der Waals surface area contributed by atoms with Crippen molar-refractivity contribution in [3.05, 3.63) is 34.6 Å². The van der Waals surface area contributed by atoms with Crippen LogP contribution in [0, 0.1) is 12.7 Å². The summed E-state index contributed by atoms with van der Waals surface area (Å²) >= 11 is 0. The minimum atomic E-state index is -0.241. The molecule has 1 aromatic carbocycles. The van der Waals surface area contributed by atoms with E-state index in [4.69, 9.17) is 0 Å². The highest BCUT2D eigenvalue weighted by Crippen LogP contribution is 2.25. The summed E-state index contributed by atoms with van der Waals surface area (Å²) in [6.07, 6.45) is 0. The van der Waals surface area contributed by atoms with Gasteiger partial charge in [0.2, 0.25) is 0 Å². The maximum absolute atomic E-state index is 13.5.